The number of hydrogen-bond donors (Lipinski definition) is 1. The SMILES string of the molecule is CCOc1cccc([N+](=O)[O-])c1C(=O)N1C[C@@H]2CCC[C@@]2(C(=O)O)C1. The summed E-state index contributed by atoms with van der Waals surface area (Å²) in [5.74, 6) is -1.38. The van der Waals surface area contributed by atoms with Crippen LogP contribution in [-0.2, 0) is 4.79 Å². The van der Waals surface area contributed by atoms with E-state index in [-0.39, 0.29) is 36.1 Å². The van der Waals surface area contributed by atoms with E-state index >= 15 is 0 Å². The van der Waals surface area contributed by atoms with Gasteiger partial charge in [-0.25, -0.2) is 0 Å². The van der Waals surface area contributed by atoms with E-state index in [0.717, 1.165) is 12.8 Å². The van der Waals surface area contributed by atoms with Gasteiger partial charge in [-0.05, 0) is 31.7 Å². The zero-order valence-corrected chi connectivity index (χ0v) is 13.9. The van der Waals surface area contributed by atoms with Crippen LogP contribution in [0, 0.1) is 21.4 Å². The number of likely N-dealkylation sites (tertiary alicyclic amines) is 1. The molecular formula is C17H20N2O6. The van der Waals surface area contributed by atoms with Crippen LogP contribution in [0.3, 0.4) is 0 Å². The summed E-state index contributed by atoms with van der Waals surface area (Å²) in [6, 6.07) is 4.25. The van der Waals surface area contributed by atoms with Gasteiger partial charge >= 0.3 is 5.97 Å². The fraction of sp³-hybridized carbons (Fsp3) is 0.529. The highest BCUT2D eigenvalue weighted by molar-refractivity contribution is 6.01. The molecule has 1 aromatic rings. The van der Waals surface area contributed by atoms with Crippen molar-refractivity contribution in [2.45, 2.75) is 26.2 Å². The second kappa shape index (κ2) is 6.34. The van der Waals surface area contributed by atoms with Crippen molar-refractivity contribution in [1.82, 2.24) is 4.90 Å². The molecule has 2 aliphatic rings. The predicted molar refractivity (Wildman–Crippen MR) is 87.6 cm³/mol. The normalized spacial score (nSPS) is 24.8. The molecule has 3 rings (SSSR count). The molecule has 8 nitrogen and oxygen atoms in total. The number of ether oxygens (including phenoxy) is 1. The van der Waals surface area contributed by atoms with Gasteiger partial charge in [0.05, 0.1) is 16.9 Å². The molecule has 2 atom stereocenters. The van der Waals surface area contributed by atoms with Crippen LogP contribution in [0.2, 0.25) is 0 Å². The fourth-order valence-corrected chi connectivity index (χ4v) is 4.11. The number of carbonyl (C=O) groups excluding carboxylic acids is 1. The smallest absolute Gasteiger partial charge is 0.311 e. The Balaban J connectivity index is 1.97. The molecule has 1 N–H and O–H groups in total. The summed E-state index contributed by atoms with van der Waals surface area (Å²) >= 11 is 0. The van der Waals surface area contributed by atoms with E-state index < -0.39 is 22.2 Å². The Kier molecular flexibility index (Phi) is 4.36. The number of carboxylic acids is 1. The van der Waals surface area contributed by atoms with Crippen molar-refractivity contribution < 1.29 is 24.4 Å². The molecular weight excluding hydrogens is 328 g/mol. The standard InChI is InChI=1S/C17H20N2O6/c1-2-25-13-7-3-6-12(19(23)24)14(13)15(20)18-9-11-5-4-8-17(11,10-18)16(21)22/h3,6-7,11H,2,4-5,8-10H2,1H3,(H,21,22)/t11-,17+/m0/s1. The van der Waals surface area contributed by atoms with Gasteiger partial charge in [-0.2, -0.15) is 0 Å². The van der Waals surface area contributed by atoms with Crippen molar-refractivity contribution >= 4 is 17.6 Å². The summed E-state index contributed by atoms with van der Waals surface area (Å²) in [5.41, 5.74) is -1.35. The van der Waals surface area contributed by atoms with Gasteiger partial charge in [0.15, 0.2) is 5.56 Å². The van der Waals surface area contributed by atoms with E-state index in [1.165, 1.54) is 23.1 Å². The molecule has 134 valence electrons. The Labute approximate surface area is 144 Å². The first kappa shape index (κ1) is 17.2. The lowest BCUT2D eigenvalue weighted by Crippen LogP contribution is -2.37. The molecule has 1 saturated heterocycles. The molecule has 1 saturated carbocycles. The molecule has 1 aliphatic heterocycles. The molecule has 1 aromatic carbocycles. The van der Waals surface area contributed by atoms with Gasteiger partial charge in [0.25, 0.3) is 11.6 Å². The van der Waals surface area contributed by atoms with Crippen LogP contribution in [0.5, 0.6) is 5.75 Å². The van der Waals surface area contributed by atoms with Crippen molar-refractivity contribution in [3.05, 3.63) is 33.9 Å². The first-order valence-electron chi connectivity index (χ1n) is 8.33. The highest BCUT2D eigenvalue weighted by Crippen LogP contribution is 2.49. The molecule has 25 heavy (non-hydrogen) atoms. The third kappa shape index (κ3) is 2.71. The molecule has 0 unspecified atom stereocenters. The van der Waals surface area contributed by atoms with Crippen molar-refractivity contribution in [2.24, 2.45) is 11.3 Å². The molecule has 1 amide bonds. The number of hydrogen-bond acceptors (Lipinski definition) is 5. The van der Waals surface area contributed by atoms with Crippen molar-refractivity contribution in [2.75, 3.05) is 19.7 Å². The van der Waals surface area contributed by atoms with Crippen LogP contribution in [0.1, 0.15) is 36.5 Å². The van der Waals surface area contributed by atoms with E-state index in [9.17, 15) is 24.8 Å². The summed E-state index contributed by atoms with van der Waals surface area (Å²) < 4.78 is 5.41. The van der Waals surface area contributed by atoms with Gasteiger partial charge in [-0.3, -0.25) is 19.7 Å². The zero-order valence-electron chi connectivity index (χ0n) is 13.9. The molecule has 1 aliphatic carbocycles. The fourth-order valence-electron chi connectivity index (χ4n) is 4.11. The molecule has 0 bridgehead atoms. The number of aliphatic carboxylic acids is 1. The Morgan fingerprint density at radius 2 is 2.24 bits per heavy atom. The third-order valence-corrected chi connectivity index (χ3v) is 5.30. The van der Waals surface area contributed by atoms with E-state index in [1.807, 2.05) is 0 Å². The first-order chi connectivity index (χ1) is 11.9. The summed E-state index contributed by atoms with van der Waals surface area (Å²) in [6.45, 7) is 2.39. The van der Waals surface area contributed by atoms with Crippen LogP contribution in [0.15, 0.2) is 18.2 Å². The Morgan fingerprint density at radius 3 is 2.84 bits per heavy atom. The molecule has 0 spiro atoms. The van der Waals surface area contributed by atoms with E-state index in [0.29, 0.717) is 13.0 Å². The number of fused-ring (bicyclic) bond motifs is 1. The lowest BCUT2D eigenvalue weighted by Gasteiger charge is -2.23. The average molecular weight is 348 g/mol. The number of carboxylic acid groups (broad SMARTS) is 1. The van der Waals surface area contributed by atoms with Crippen LogP contribution in [0.4, 0.5) is 5.69 Å². The minimum absolute atomic E-state index is 0.0868. The second-order valence-electron chi connectivity index (χ2n) is 6.58. The van der Waals surface area contributed by atoms with Gasteiger partial charge in [-0.15, -0.1) is 0 Å². The number of nitro benzene ring substituents is 1. The second-order valence-corrected chi connectivity index (χ2v) is 6.58. The summed E-state index contributed by atoms with van der Waals surface area (Å²) in [6.07, 6.45) is 2.12. The predicted octanol–water partition coefficient (Wildman–Crippen LogP) is 2.32. The van der Waals surface area contributed by atoms with E-state index in [1.54, 1.807) is 6.92 Å². The molecule has 8 heteroatoms. The summed E-state index contributed by atoms with van der Waals surface area (Å²) in [7, 11) is 0. The van der Waals surface area contributed by atoms with Crippen LogP contribution in [-0.4, -0.2) is 46.5 Å². The maximum absolute atomic E-state index is 13.0. The van der Waals surface area contributed by atoms with Crippen LogP contribution >= 0.6 is 0 Å². The summed E-state index contributed by atoms with van der Waals surface area (Å²) in [4.78, 5) is 37.0. The minimum Gasteiger partial charge on any atom is -0.493 e. The highest BCUT2D eigenvalue weighted by Gasteiger charge is 2.56. The number of carbonyl (C=O) groups is 2. The monoisotopic (exact) mass is 348 g/mol. The first-order valence-corrected chi connectivity index (χ1v) is 8.33. The Morgan fingerprint density at radius 1 is 1.48 bits per heavy atom. The van der Waals surface area contributed by atoms with Crippen molar-refractivity contribution in [1.29, 1.82) is 0 Å². The quantitative estimate of drug-likeness (QED) is 0.646. The highest BCUT2D eigenvalue weighted by atomic mass is 16.6. The maximum Gasteiger partial charge on any atom is 0.311 e. The number of amides is 1. The van der Waals surface area contributed by atoms with Gasteiger partial charge in [-0.1, -0.05) is 12.5 Å². The molecule has 1 heterocycles. The zero-order chi connectivity index (χ0) is 18.2. The number of benzene rings is 1. The molecule has 0 radical (unpaired) electrons. The molecule has 2 fully saturated rings. The van der Waals surface area contributed by atoms with Crippen LogP contribution in [0.25, 0.3) is 0 Å². The van der Waals surface area contributed by atoms with E-state index in [2.05, 4.69) is 0 Å². The lowest BCUT2D eigenvalue weighted by molar-refractivity contribution is -0.385. The van der Waals surface area contributed by atoms with Crippen LogP contribution < -0.4 is 4.74 Å². The van der Waals surface area contributed by atoms with Crippen molar-refractivity contribution in [3.63, 3.8) is 0 Å². The number of nitrogens with zero attached hydrogens (tertiary/aromatic N) is 2. The van der Waals surface area contributed by atoms with Gasteiger partial charge < -0.3 is 14.7 Å². The van der Waals surface area contributed by atoms with Gasteiger partial charge in [0, 0.05) is 19.2 Å². The summed E-state index contributed by atoms with van der Waals surface area (Å²) in [5, 5.41) is 21.0. The van der Waals surface area contributed by atoms with Gasteiger partial charge in [0.2, 0.25) is 0 Å². The van der Waals surface area contributed by atoms with Crippen molar-refractivity contribution in [3.8, 4) is 5.75 Å². The topological polar surface area (TPSA) is 110 Å². The Bertz CT molecular complexity index is 734. The molecule has 0 aromatic heterocycles. The number of nitro groups is 1. The maximum atomic E-state index is 13.0. The largest absolute Gasteiger partial charge is 0.493 e. The lowest BCUT2D eigenvalue weighted by atomic mass is 9.81. The number of rotatable bonds is 5. The van der Waals surface area contributed by atoms with E-state index in [4.69, 9.17) is 4.74 Å². The van der Waals surface area contributed by atoms with Gasteiger partial charge in [0.1, 0.15) is 5.75 Å². The third-order valence-electron chi connectivity index (χ3n) is 5.30. The minimum atomic E-state index is -0.926. The Hall–Kier alpha value is -2.64. The average Bonchev–Trinajstić information content (AvgIpc) is 3.12.